The summed E-state index contributed by atoms with van der Waals surface area (Å²) in [6.45, 7) is 4.03. The van der Waals surface area contributed by atoms with Crippen LogP contribution in [-0.4, -0.2) is 58.3 Å². The largest absolute Gasteiger partial charge is 0.289 e. The zero-order chi connectivity index (χ0) is 24.5. The number of thioether (sulfide) groups is 1. The van der Waals surface area contributed by atoms with E-state index >= 15 is 0 Å². The first kappa shape index (κ1) is 24.1. The van der Waals surface area contributed by atoms with Crippen LogP contribution in [0.15, 0.2) is 83.2 Å². The fourth-order valence-corrected chi connectivity index (χ4v) is 5.52. The number of aromatic nitrogens is 2. The number of benzene rings is 2. The number of rotatable bonds is 7. The zero-order valence-corrected chi connectivity index (χ0v) is 21.0. The van der Waals surface area contributed by atoms with Crippen LogP contribution in [0.25, 0.3) is 23.0 Å². The van der Waals surface area contributed by atoms with Crippen molar-refractivity contribution in [3.05, 3.63) is 83.9 Å². The monoisotopic (exact) mass is 510 g/mol. The van der Waals surface area contributed by atoms with Crippen LogP contribution in [0.4, 0.5) is 0 Å². The molecular formula is C24H22N4O3S3. The highest BCUT2D eigenvalue weighted by molar-refractivity contribution is 8.26. The highest BCUT2D eigenvalue weighted by Gasteiger charge is 2.31. The van der Waals surface area contributed by atoms with Gasteiger partial charge in [0.2, 0.25) is 10.0 Å². The molecule has 0 N–H and O–H groups in total. The van der Waals surface area contributed by atoms with E-state index in [0.717, 1.165) is 11.3 Å². The minimum atomic E-state index is -3.55. The van der Waals surface area contributed by atoms with Crippen LogP contribution in [0.2, 0.25) is 0 Å². The molecule has 0 saturated carbocycles. The minimum Gasteiger partial charge on any atom is -0.289 e. The Morgan fingerprint density at radius 3 is 2.41 bits per heavy atom. The van der Waals surface area contributed by atoms with Crippen LogP contribution in [0.1, 0.15) is 5.56 Å². The summed E-state index contributed by atoms with van der Waals surface area (Å²) in [6.07, 6.45) is 5.25. The molecule has 1 fully saturated rings. The topological polar surface area (TPSA) is 75.5 Å². The van der Waals surface area contributed by atoms with Gasteiger partial charge < -0.3 is 0 Å². The van der Waals surface area contributed by atoms with Gasteiger partial charge in [0, 0.05) is 38.0 Å². The van der Waals surface area contributed by atoms with E-state index < -0.39 is 10.0 Å². The van der Waals surface area contributed by atoms with Crippen LogP contribution in [0.5, 0.6) is 0 Å². The van der Waals surface area contributed by atoms with Crippen molar-refractivity contribution in [3.8, 4) is 16.9 Å². The highest BCUT2D eigenvalue weighted by Crippen LogP contribution is 2.35. The summed E-state index contributed by atoms with van der Waals surface area (Å²) < 4.78 is 28.3. The highest BCUT2D eigenvalue weighted by atomic mass is 32.2. The molecule has 0 atom stereocenters. The molecule has 4 rings (SSSR count). The number of nitrogens with zero attached hydrogens (tertiary/aromatic N) is 4. The van der Waals surface area contributed by atoms with Crippen molar-refractivity contribution in [1.82, 2.24) is 19.0 Å². The van der Waals surface area contributed by atoms with E-state index in [1.54, 1.807) is 41.1 Å². The Balaban J connectivity index is 1.80. The predicted octanol–water partition coefficient (Wildman–Crippen LogP) is 4.18. The van der Waals surface area contributed by atoms with Gasteiger partial charge in [0.25, 0.3) is 5.91 Å². The third-order valence-electron chi connectivity index (χ3n) is 5.14. The zero-order valence-electron chi connectivity index (χ0n) is 18.6. The van der Waals surface area contributed by atoms with Gasteiger partial charge in [-0.3, -0.25) is 9.69 Å². The maximum atomic E-state index is 12.9. The van der Waals surface area contributed by atoms with E-state index in [1.807, 2.05) is 36.5 Å². The maximum Gasteiger partial charge on any atom is 0.266 e. The molecule has 1 saturated heterocycles. The summed E-state index contributed by atoms with van der Waals surface area (Å²) >= 11 is 6.59. The number of para-hydroxylation sites is 1. The first-order valence-electron chi connectivity index (χ1n) is 10.3. The summed E-state index contributed by atoms with van der Waals surface area (Å²) in [4.78, 5) is 15.0. The van der Waals surface area contributed by atoms with E-state index in [0.29, 0.717) is 27.0 Å². The van der Waals surface area contributed by atoms with Crippen LogP contribution in [0, 0.1) is 0 Å². The van der Waals surface area contributed by atoms with Gasteiger partial charge >= 0.3 is 0 Å². The fraction of sp³-hybridized carbons (Fsp3) is 0.125. The molecule has 7 nitrogen and oxygen atoms in total. The quantitative estimate of drug-likeness (QED) is 0.270. The van der Waals surface area contributed by atoms with Crippen molar-refractivity contribution in [2.24, 2.45) is 0 Å². The molecule has 1 amide bonds. The molecular weight excluding hydrogens is 488 g/mol. The van der Waals surface area contributed by atoms with Crippen molar-refractivity contribution in [3.63, 3.8) is 0 Å². The Morgan fingerprint density at radius 1 is 1.12 bits per heavy atom. The van der Waals surface area contributed by atoms with Crippen LogP contribution in [-0.2, 0) is 14.8 Å². The molecule has 0 radical (unpaired) electrons. The molecule has 1 aliphatic rings. The van der Waals surface area contributed by atoms with Crippen molar-refractivity contribution in [2.45, 2.75) is 4.90 Å². The second-order valence-electron chi connectivity index (χ2n) is 7.61. The molecule has 0 aliphatic carbocycles. The third-order valence-corrected chi connectivity index (χ3v) is 8.35. The van der Waals surface area contributed by atoms with E-state index in [1.165, 1.54) is 35.1 Å². The third kappa shape index (κ3) is 4.62. The number of amides is 1. The lowest BCUT2D eigenvalue weighted by molar-refractivity contribution is -0.121. The second kappa shape index (κ2) is 9.67. The van der Waals surface area contributed by atoms with Gasteiger partial charge in [-0.1, -0.05) is 60.4 Å². The van der Waals surface area contributed by atoms with Gasteiger partial charge in [-0.2, -0.15) is 5.10 Å². The first-order chi connectivity index (χ1) is 16.2. The van der Waals surface area contributed by atoms with Gasteiger partial charge in [0.1, 0.15) is 4.32 Å². The number of thiocarbonyl (C=S) groups is 1. The minimum absolute atomic E-state index is 0.180. The lowest BCUT2D eigenvalue weighted by Gasteiger charge is -2.11. The number of carbonyl (C=O) groups excluding carboxylic acids is 1. The van der Waals surface area contributed by atoms with Crippen molar-refractivity contribution in [1.29, 1.82) is 0 Å². The molecule has 1 aliphatic heterocycles. The summed E-state index contributed by atoms with van der Waals surface area (Å²) in [6, 6.07) is 16.1. The lowest BCUT2D eigenvalue weighted by Crippen LogP contribution is -2.27. The predicted molar refractivity (Wildman–Crippen MR) is 140 cm³/mol. The van der Waals surface area contributed by atoms with Gasteiger partial charge in [0.05, 0.1) is 21.2 Å². The van der Waals surface area contributed by atoms with Crippen LogP contribution in [0.3, 0.4) is 0 Å². The van der Waals surface area contributed by atoms with Crippen LogP contribution >= 0.6 is 24.0 Å². The molecule has 2 heterocycles. The maximum absolute atomic E-state index is 12.9. The van der Waals surface area contributed by atoms with Crippen molar-refractivity contribution < 1.29 is 13.2 Å². The van der Waals surface area contributed by atoms with Crippen molar-refractivity contribution in [2.75, 3.05) is 20.6 Å². The molecule has 0 unspecified atom stereocenters. The molecule has 34 heavy (non-hydrogen) atoms. The summed E-state index contributed by atoms with van der Waals surface area (Å²) in [5, 5.41) is 4.75. The Morgan fingerprint density at radius 2 is 1.79 bits per heavy atom. The second-order valence-corrected chi connectivity index (χ2v) is 11.4. The summed E-state index contributed by atoms with van der Waals surface area (Å²) in [5.41, 5.74) is 2.91. The van der Waals surface area contributed by atoms with Gasteiger partial charge in [0.15, 0.2) is 0 Å². The summed E-state index contributed by atoms with van der Waals surface area (Å²) in [5.74, 6) is -0.180. The number of carbonyl (C=O) groups is 1. The smallest absolute Gasteiger partial charge is 0.266 e. The Hall–Kier alpha value is -3.05. The number of hydrogen-bond acceptors (Lipinski definition) is 6. The Bertz CT molecular complexity index is 1390. The molecule has 3 aromatic rings. The van der Waals surface area contributed by atoms with Crippen LogP contribution < -0.4 is 0 Å². The van der Waals surface area contributed by atoms with Crippen molar-refractivity contribution >= 4 is 50.3 Å². The van der Waals surface area contributed by atoms with Gasteiger partial charge in [-0.05, 0) is 30.3 Å². The molecule has 174 valence electrons. The van der Waals surface area contributed by atoms with E-state index in [9.17, 15) is 13.2 Å². The standard InChI is InChI=1S/C24H22N4O3S3/c1-4-14-27-23(29)21(33-24(27)32)15-18-16-28(19-8-6-5-7-9-19)25-22(18)17-10-12-20(13-11-17)34(30,31)26(2)3/h4-13,15-16H,1,14H2,2-3H3. The van der Waals surface area contributed by atoms with E-state index in [2.05, 4.69) is 6.58 Å². The average molecular weight is 511 g/mol. The van der Waals surface area contributed by atoms with Gasteiger partial charge in [-0.25, -0.2) is 17.4 Å². The molecule has 0 spiro atoms. The van der Waals surface area contributed by atoms with E-state index in [4.69, 9.17) is 17.3 Å². The normalized spacial score (nSPS) is 15.5. The Labute approximate surface area is 208 Å². The fourth-order valence-electron chi connectivity index (χ4n) is 3.35. The van der Waals surface area contributed by atoms with Gasteiger partial charge in [-0.15, -0.1) is 6.58 Å². The molecule has 10 heteroatoms. The molecule has 1 aromatic heterocycles. The lowest BCUT2D eigenvalue weighted by atomic mass is 10.1. The average Bonchev–Trinajstić information content (AvgIpc) is 3.36. The molecule has 2 aromatic carbocycles. The van der Waals surface area contributed by atoms with E-state index in [-0.39, 0.29) is 10.8 Å². The molecule has 0 bridgehead atoms. The SMILES string of the molecule is C=CCN1C(=O)C(=Cc2cn(-c3ccccc3)nc2-c2ccc(S(=O)(=O)N(C)C)cc2)SC1=S. The number of sulfonamides is 1. The number of hydrogen-bond donors (Lipinski definition) is 0. The summed E-state index contributed by atoms with van der Waals surface area (Å²) in [7, 11) is -0.565. The Kier molecular flexibility index (Phi) is 6.85. The first-order valence-corrected chi connectivity index (χ1v) is 12.9.